The van der Waals surface area contributed by atoms with Gasteiger partial charge in [-0.2, -0.15) is 0 Å². The van der Waals surface area contributed by atoms with Gasteiger partial charge < -0.3 is 5.32 Å². The number of unbranched alkanes of at least 4 members (excludes halogenated alkanes) is 1. The Balaban J connectivity index is 1.99. The van der Waals surface area contributed by atoms with E-state index < -0.39 is 11.6 Å². The van der Waals surface area contributed by atoms with Crippen molar-refractivity contribution >= 4 is 0 Å². The van der Waals surface area contributed by atoms with E-state index in [1.165, 1.54) is 38.2 Å². The van der Waals surface area contributed by atoms with Gasteiger partial charge in [0.25, 0.3) is 0 Å². The van der Waals surface area contributed by atoms with E-state index in [-0.39, 0.29) is 6.04 Å². The van der Waals surface area contributed by atoms with Crippen molar-refractivity contribution in [2.45, 2.75) is 57.9 Å². The van der Waals surface area contributed by atoms with Crippen molar-refractivity contribution in [3.63, 3.8) is 0 Å². The second-order valence-corrected chi connectivity index (χ2v) is 6.36. The fourth-order valence-electron chi connectivity index (χ4n) is 3.70. The average molecular weight is 295 g/mol. The second-order valence-electron chi connectivity index (χ2n) is 6.36. The van der Waals surface area contributed by atoms with E-state index in [0.29, 0.717) is 11.5 Å². The van der Waals surface area contributed by atoms with Crippen molar-refractivity contribution in [3.05, 3.63) is 35.4 Å². The van der Waals surface area contributed by atoms with Crippen LogP contribution in [0.4, 0.5) is 8.78 Å². The first-order valence-electron chi connectivity index (χ1n) is 8.28. The van der Waals surface area contributed by atoms with Gasteiger partial charge in [-0.05, 0) is 37.8 Å². The lowest BCUT2D eigenvalue weighted by atomic mass is 9.75. The average Bonchev–Trinajstić information content (AvgIpc) is 2.49. The fraction of sp³-hybridized carbons (Fsp3) is 0.667. The highest BCUT2D eigenvalue weighted by atomic mass is 19.1. The van der Waals surface area contributed by atoms with Gasteiger partial charge in [0.2, 0.25) is 0 Å². The number of hydrogen-bond acceptors (Lipinski definition) is 1. The van der Waals surface area contributed by atoms with Gasteiger partial charge in [-0.1, -0.05) is 45.1 Å². The molecule has 0 radical (unpaired) electrons. The second kappa shape index (κ2) is 7.88. The number of benzene rings is 1. The van der Waals surface area contributed by atoms with Gasteiger partial charge in [0, 0.05) is 17.7 Å². The van der Waals surface area contributed by atoms with Gasteiger partial charge in [-0.15, -0.1) is 0 Å². The van der Waals surface area contributed by atoms with Crippen LogP contribution in [0.15, 0.2) is 18.2 Å². The first kappa shape index (κ1) is 16.4. The monoisotopic (exact) mass is 295 g/mol. The minimum Gasteiger partial charge on any atom is -0.313 e. The molecule has 2 rings (SSSR count). The molecule has 0 aliphatic heterocycles. The molecule has 1 aromatic rings. The molecule has 21 heavy (non-hydrogen) atoms. The summed E-state index contributed by atoms with van der Waals surface area (Å²) in [4.78, 5) is 0. The van der Waals surface area contributed by atoms with Gasteiger partial charge in [-0.25, -0.2) is 8.78 Å². The SMILES string of the molecule is CCCCC1CCC(C(NC)c2ccc(F)cc2F)CC1. The van der Waals surface area contributed by atoms with E-state index in [1.54, 1.807) is 6.07 Å². The Kier molecular flexibility index (Phi) is 6.16. The van der Waals surface area contributed by atoms with Crippen molar-refractivity contribution in [1.82, 2.24) is 5.32 Å². The summed E-state index contributed by atoms with van der Waals surface area (Å²) < 4.78 is 27.1. The Bertz CT molecular complexity index is 439. The summed E-state index contributed by atoms with van der Waals surface area (Å²) in [6.45, 7) is 2.24. The van der Waals surface area contributed by atoms with Gasteiger partial charge in [0.15, 0.2) is 0 Å². The molecule has 1 N–H and O–H groups in total. The molecule has 0 amide bonds. The molecular formula is C18H27F2N. The Hall–Kier alpha value is -0.960. The maximum absolute atomic E-state index is 14.0. The molecule has 118 valence electrons. The highest BCUT2D eigenvalue weighted by Crippen LogP contribution is 2.39. The van der Waals surface area contributed by atoms with Crippen molar-refractivity contribution < 1.29 is 8.78 Å². The quantitative estimate of drug-likeness (QED) is 0.758. The molecule has 1 aliphatic carbocycles. The van der Waals surface area contributed by atoms with Gasteiger partial charge in [0.1, 0.15) is 11.6 Å². The fourth-order valence-corrected chi connectivity index (χ4v) is 3.70. The smallest absolute Gasteiger partial charge is 0.130 e. The summed E-state index contributed by atoms with van der Waals surface area (Å²) >= 11 is 0. The van der Waals surface area contributed by atoms with Gasteiger partial charge in [-0.3, -0.25) is 0 Å². The van der Waals surface area contributed by atoms with Crippen LogP contribution in [-0.2, 0) is 0 Å². The zero-order valence-electron chi connectivity index (χ0n) is 13.2. The van der Waals surface area contributed by atoms with Crippen molar-refractivity contribution in [1.29, 1.82) is 0 Å². The third kappa shape index (κ3) is 4.26. The number of rotatable bonds is 6. The predicted molar refractivity (Wildman–Crippen MR) is 83.1 cm³/mol. The lowest BCUT2D eigenvalue weighted by Crippen LogP contribution is -2.29. The van der Waals surface area contributed by atoms with Crippen LogP contribution in [0.2, 0.25) is 0 Å². The lowest BCUT2D eigenvalue weighted by molar-refractivity contribution is 0.215. The topological polar surface area (TPSA) is 12.0 Å². The Morgan fingerprint density at radius 1 is 1.19 bits per heavy atom. The molecule has 3 heteroatoms. The molecule has 0 heterocycles. The summed E-state index contributed by atoms with van der Waals surface area (Å²) in [5.74, 6) is 0.362. The zero-order valence-corrected chi connectivity index (χ0v) is 13.2. The summed E-state index contributed by atoms with van der Waals surface area (Å²) in [5.41, 5.74) is 0.607. The van der Waals surface area contributed by atoms with Crippen LogP contribution in [-0.4, -0.2) is 7.05 Å². The molecule has 0 spiro atoms. The van der Waals surface area contributed by atoms with Crippen LogP contribution >= 0.6 is 0 Å². The van der Waals surface area contributed by atoms with Crippen LogP contribution in [0.3, 0.4) is 0 Å². The summed E-state index contributed by atoms with van der Waals surface area (Å²) in [6.07, 6.45) is 8.67. The molecule has 1 aliphatic rings. The molecular weight excluding hydrogens is 268 g/mol. The summed E-state index contributed by atoms with van der Waals surface area (Å²) in [5, 5.41) is 3.24. The minimum absolute atomic E-state index is 0.00211. The lowest BCUT2D eigenvalue weighted by Gasteiger charge is -2.34. The molecule has 1 atom stereocenters. The Labute approximate surface area is 127 Å². The normalized spacial score (nSPS) is 24.0. The van der Waals surface area contributed by atoms with E-state index in [2.05, 4.69) is 12.2 Å². The molecule has 0 aromatic heterocycles. The van der Waals surface area contributed by atoms with E-state index >= 15 is 0 Å². The minimum atomic E-state index is -0.505. The number of nitrogens with one attached hydrogen (secondary N) is 1. The molecule has 1 unspecified atom stereocenters. The van der Waals surface area contributed by atoms with Crippen molar-refractivity contribution in [2.75, 3.05) is 7.05 Å². The van der Waals surface area contributed by atoms with E-state index in [1.807, 2.05) is 7.05 Å². The number of halogens is 2. The zero-order chi connectivity index (χ0) is 15.2. The Morgan fingerprint density at radius 2 is 1.90 bits per heavy atom. The standard InChI is InChI=1S/C18H27F2N/c1-3-4-5-13-6-8-14(9-7-13)18(21-2)16-11-10-15(19)12-17(16)20/h10-14,18,21H,3-9H2,1-2H3. The number of hydrogen-bond donors (Lipinski definition) is 1. The van der Waals surface area contributed by atoms with Gasteiger partial charge in [0.05, 0.1) is 0 Å². The highest BCUT2D eigenvalue weighted by molar-refractivity contribution is 5.23. The summed E-state index contributed by atoms with van der Waals surface area (Å²) in [6, 6.07) is 3.94. The van der Waals surface area contributed by atoms with E-state index in [4.69, 9.17) is 0 Å². The molecule has 1 aromatic carbocycles. The molecule has 1 nitrogen and oxygen atoms in total. The van der Waals surface area contributed by atoms with Crippen molar-refractivity contribution in [3.8, 4) is 0 Å². The van der Waals surface area contributed by atoms with Crippen LogP contribution in [0.5, 0.6) is 0 Å². The summed E-state index contributed by atoms with van der Waals surface area (Å²) in [7, 11) is 1.87. The van der Waals surface area contributed by atoms with Crippen LogP contribution in [0.25, 0.3) is 0 Å². The maximum atomic E-state index is 14.0. The molecule has 1 fully saturated rings. The van der Waals surface area contributed by atoms with Crippen molar-refractivity contribution in [2.24, 2.45) is 11.8 Å². The van der Waals surface area contributed by atoms with Crippen LogP contribution in [0, 0.1) is 23.5 Å². The van der Waals surface area contributed by atoms with Crippen LogP contribution < -0.4 is 5.32 Å². The third-order valence-corrected chi connectivity index (χ3v) is 4.94. The maximum Gasteiger partial charge on any atom is 0.130 e. The third-order valence-electron chi connectivity index (χ3n) is 4.94. The van der Waals surface area contributed by atoms with E-state index in [9.17, 15) is 8.78 Å². The predicted octanol–water partition coefficient (Wildman–Crippen LogP) is 5.22. The first-order valence-corrected chi connectivity index (χ1v) is 8.28. The molecule has 1 saturated carbocycles. The largest absolute Gasteiger partial charge is 0.313 e. The van der Waals surface area contributed by atoms with Crippen LogP contribution in [0.1, 0.15) is 63.5 Å². The van der Waals surface area contributed by atoms with E-state index in [0.717, 1.165) is 24.8 Å². The molecule has 0 bridgehead atoms. The van der Waals surface area contributed by atoms with Gasteiger partial charge >= 0.3 is 0 Å². The Morgan fingerprint density at radius 3 is 2.48 bits per heavy atom. The molecule has 0 saturated heterocycles. The highest BCUT2D eigenvalue weighted by Gasteiger charge is 2.29. The first-order chi connectivity index (χ1) is 10.2.